The van der Waals surface area contributed by atoms with Gasteiger partial charge in [-0.15, -0.1) is 0 Å². The van der Waals surface area contributed by atoms with E-state index in [2.05, 4.69) is 20.8 Å². The minimum absolute atomic E-state index is 0.114. The molecular formula is C14H16N4O2. The van der Waals surface area contributed by atoms with Gasteiger partial charge in [0, 0.05) is 6.20 Å². The molecule has 0 saturated carbocycles. The summed E-state index contributed by atoms with van der Waals surface area (Å²) in [5.41, 5.74) is 4.02. The molecule has 0 radical (unpaired) electrons. The average Bonchev–Trinajstić information content (AvgIpc) is 2.98. The van der Waals surface area contributed by atoms with Crippen molar-refractivity contribution in [2.24, 2.45) is 5.10 Å². The zero-order chi connectivity index (χ0) is 14.2. The quantitative estimate of drug-likeness (QED) is 0.552. The smallest absolute Gasteiger partial charge is 0.259 e. The van der Waals surface area contributed by atoms with Crippen LogP contribution in [0.15, 0.2) is 47.7 Å². The molecule has 2 aromatic rings. The SMILES string of the molecule is COc1ccccc1NCC(=O)N/N=C/c1ccc[nH]1. The third kappa shape index (κ3) is 3.88. The van der Waals surface area contributed by atoms with Gasteiger partial charge in [0.05, 0.1) is 31.3 Å². The fraction of sp³-hybridized carbons (Fsp3) is 0.143. The zero-order valence-electron chi connectivity index (χ0n) is 11.1. The Balaban J connectivity index is 1.80. The van der Waals surface area contributed by atoms with Crippen LogP contribution in [-0.4, -0.2) is 30.8 Å². The molecular weight excluding hydrogens is 256 g/mol. The lowest BCUT2D eigenvalue weighted by Crippen LogP contribution is -2.26. The highest BCUT2D eigenvalue weighted by Gasteiger charge is 2.03. The van der Waals surface area contributed by atoms with Gasteiger partial charge in [-0.05, 0) is 24.3 Å². The Labute approximate surface area is 116 Å². The number of hydrogen-bond donors (Lipinski definition) is 3. The first-order chi connectivity index (χ1) is 9.79. The number of aromatic amines is 1. The summed E-state index contributed by atoms with van der Waals surface area (Å²) in [4.78, 5) is 14.6. The lowest BCUT2D eigenvalue weighted by Gasteiger charge is -2.09. The number of H-pyrrole nitrogens is 1. The number of carbonyl (C=O) groups excluding carboxylic acids is 1. The molecule has 20 heavy (non-hydrogen) atoms. The lowest BCUT2D eigenvalue weighted by atomic mass is 10.3. The van der Waals surface area contributed by atoms with Crippen molar-refractivity contribution in [1.29, 1.82) is 0 Å². The van der Waals surface area contributed by atoms with Crippen molar-refractivity contribution in [3.05, 3.63) is 48.3 Å². The molecule has 6 heteroatoms. The van der Waals surface area contributed by atoms with E-state index in [9.17, 15) is 4.79 Å². The monoisotopic (exact) mass is 272 g/mol. The maximum absolute atomic E-state index is 11.6. The van der Waals surface area contributed by atoms with Crippen molar-refractivity contribution in [3.63, 3.8) is 0 Å². The third-order valence-electron chi connectivity index (χ3n) is 2.56. The number of para-hydroxylation sites is 2. The van der Waals surface area contributed by atoms with Crippen LogP contribution >= 0.6 is 0 Å². The van der Waals surface area contributed by atoms with Gasteiger partial charge in [0.1, 0.15) is 5.75 Å². The minimum atomic E-state index is -0.237. The van der Waals surface area contributed by atoms with Gasteiger partial charge in [-0.2, -0.15) is 5.10 Å². The van der Waals surface area contributed by atoms with Crippen LogP contribution in [0.3, 0.4) is 0 Å². The molecule has 0 unspecified atom stereocenters. The van der Waals surface area contributed by atoms with Crippen LogP contribution in [0, 0.1) is 0 Å². The van der Waals surface area contributed by atoms with E-state index >= 15 is 0 Å². The zero-order valence-corrected chi connectivity index (χ0v) is 11.1. The number of hydrogen-bond acceptors (Lipinski definition) is 4. The molecule has 0 atom stereocenters. The van der Waals surface area contributed by atoms with Crippen LogP contribution in [0.2, 0.25) is 0 Å². The predicted molar refractivity (Wildman–Crippen MR) is 78.0 cm³/mol. The molecule has 0 aliphatic rings. The molecule has 1 aromatic heterocycles. The number of amides is 1. The maximum Gasteiger partial charge on any atom is 0.259 e. The molecule has 104 valence electrons. The van der Waals surface area contributed by atoms with Gasteiger partial charge in [0.2, 0.25) is 0 Å². The maximum atomic E-state index is 11.6. The summed E-state index contributed by atoms with van der Waals surface area (Å²) in [7, 11) is 1.58. The molecule has 1 amide bonds. The van der Waals surface area contributed by atoms with Crippen molar-refractivity contribution < 1.29 is 9.53 Å². The minimum Gasteiger partial charge on any atom is -0.495 e. The lowest BCUT2D eigenvalue weighted by molar-refractivity contribution is -0.119. The van der Waals surface area contributed by atoms with Gasteiger partial charge in [-0.1, -0.05) is 12.1 Å². The number of rotatable bonds is 6. The van der Waals surface area contributed by atoms with Crippen LogP contribution in [0.4, 0.5) is 5.69 Å². The van der Waals surface area contributed by atoms with Crippen LogP contribution < -0.4 is 15.5 Å². The van der Waals surface area contributed by atoms with Crippen LogP contribution in [0.5, 0.6) is 5.75 Å². The summed E-state index contributed by atoms with van der Waals surface area (Å²) in [6, 6.07) is 11.1. The Kier molecular flexibility index (Phi) is 4.77. The average molecular weight is 272 g/mol. The highest BCUT2D eigenvalue weighted by Crippen LogP contribution is 2.22. The Hall–Kier alpha value is -2.76. The largest absolute Gasteiger partial charge is 0.495 e. The van der Waals surface area contributed by atoms with Gasteiger partial charge in [0.25, 0.3) is 5.91 Å². The van der Waals surface area contributed by atoms with Gasteiger partial charge in [-0.25, -0.2) is 5.43 Å². The number of hydrazone groups is 1. The van der Waals surface area contributed by atoms with Crippen molar-refractivity contribution in [2.75, 3.05) is 19.0 Å². The first kappa shape index (κ1) is 13.7. The number of nitrogens with zero attached hydrogens (tertiary/aromatic N) is 1. The van der Waals surface area contributed by atoms with Crippen LogP contribution in [-0.2, 0) is 4.79 Å². The molecule has 0 fully saturated rings. The molecule has 0 aliphatic heterocycles. The Morgan fingerprint density at radius 1 is 1.35 bits per heavy atom. The topological polar surface area (TPSA) is 78.5 Å². The molecule has 0 aliphatic carbocycles. The number of anilines is 1. The number of aromatic nitrogens is 1. The molecule has 0 spiro atoms. The fourth-order valence-corrected chi connectivity index (χ4v) is 1.60. The summed E-state index contributed by atoms with van der Waals surface area (Å²) in [5.74, 6) is 0.453. The van der Waals surface area contributed by atoms with Gasteiger partial charge < -0.3 is 15.0 Å². The Bertz CT molecular complexity index is 579. The predicted octanol–water partition coefficient (Wildman–Crippen LogP) is 1.59. The second kappa shape index (κ2) is 6.98. The van der Waals surface area contributed by atoms with E-state index in [1.807, 2.05) is 36.4 Å². The summed E-state index contributed by atoms with van der Waals surface area (Å²) < 4.78 is 5.18. The van der Waals surface area contributed by atoms with E-state index < -0.39 is 0 Å². The fourth-order valence-electron chi connectivity index (χ4n) is 1.60. The molecule has 1 aromatic carbocycles. The van der Waals surface area contributed by atoms with Gasteiger partial charge in [0.15, 0.2) is 0 Å². The number of benzene rings is 1. The highest BCUT2D eigenvalue weighted by atomic mass is 16.5. The van der Waals surface area contributed by atoms with E-state index in [4.69, 9.17) is 4.74 Å². The van der Waals surface area contributed by atoms with E-state index in [1.165, 1.54) is 0 Å². The normalized spacial score (nSPS) is 10.4. The van der Waals surface area contributed by atoms with Crippen LogP contribution in [0.25, 0.3) is 0 Å². The Morgan fingerprint density at radius 3 is 2.95 bits per heavy atom. The number of methoxy groups -OCH3 is 1. The summed E-state index contributed by atoms with van der Waals surface area (Å²) >= 11 is 0. The molecule has 3 N–H and O–H groups in total. The molecule has 0 saturated heterocycles. The van der Waals surface area contributed by atoms with E-state index in [0.717, 1.165) is 11.4 Å². The van der Waals surface area contributed by atoms with Crippen molar-refractivity contribution in [2.45, 2.75) is 0 Å². The second-order valence-corrected chi connectivity index (χ2v) is 3.97. The summed E-state index contributed by atoms with van der Waals surface area (Å²) in [6.45, 7) is 0.114. The number of carbonyl (C=O) groups is 1. The number of ether oxygens (including phenoxy) is 1. The van der Waals surface area contributed by atoms with E-state index in [-0.39, 0.29) is 12.5 Å². The van der Waals surface area contributed by atoms with Crippen molar-refractivity contribution >= 4 is 17.8 Å². The highest BCUT2D eigenvalue weighted by molar-refractivity contribution is 5.83. The van der Waals surface area contributed by atoms with E-state index in [0.29, 0.717) is 5.75 Å². The molecule has 6 nitrogen and oxygen atoms in total. The summed E-state index contributed by atoms with van der Waals surface area (Å²) in [6.07, 6.45) is 3.33. The van der Waals surface area contributed by atoms with Crippen LogP contribution in [0.1, 0.15) is 5.69 Å². The Morgan fingerprint density at radius 2 is 2.20 bits per heavy atom. The van der Waals surface area contributed by atoms with Crippen molar-refractivity contribution in [3.8, 4) is 5.75 Å². The van der Waals surface area contributed by atoms with Crippen molar-refractivity contribution in [1.82, 2.24) is 10.4 Å². The first-order valence-electron chi connectivity index (χ1n) is 6.12. The van der Waals surface area contributed by atoms with Gasteiger partial charge >= 0.3 is 0 Å². The van der Waals surface area contributed by atoms with Gasteiger partial charge in [-0.3, -0.25) is 4.79 Å². The summed E-state index contributed by atoms with van der Waals surface area (Å²) in [5, 5.41) is 6.83. The molecule has 1 heterocycles. The van der Waals surface area contributed by atoms with E-state index in [1.54, 1.807) is 19.5 Å². The standard InChI is InChI=1S/C14H16N4O2/c1-20-13-7-3-2-6-12(13)16-10-14(19)18-17-9-11-5-4-8-15-11/h2-9,15-16H,10H2,1H3,(H,18,19)/b17-9+. The molecule has 0 bridgehead atoms. The molecule has 2 rings (SSSR count). The number of nitrogens with one attached hydrogen (secondary N) is 3. The second-order valence-electron chi connectivity index (χ2n) is 3.97. The third-order valence-corrected chi connectivity index (χ3v) is 2.56. The first-order valence-corrected chi connectivity index (χ1v) is 6.12.